The van der Waals surface area contributed by atoms with Crippen LogP contribution in [0, 0.1) is 17.2 Å². The van der Waals surface area contributed by atoms with E-state index in [-0.39, 0.29) is 6.61 Å². The Labute approximate surface area is 96.9 Å². The van der Waals surface area contributed by atoms with Gasteiger partial charge in [0.1, 0.15) is 6.07 Å². The molecule has 0 unspecified atom stereocenters. The minimum Gasteiger partial charge on any atom is -0.392 e. The van der Waals surface area contributed by atoms with Crippen molar-refractivity contribution in [3.8, 4) is 6.07 Å². The summed E-state index contributed by atoms with van der Waals surface area (Å²) in [6, 6.07) is 7.66. The second-order valence-corrected chi connectivity index (χ2v) is 4.40. The molecule has 3 nitrogen and oxygen atoms in total. The molecule has 0 radical (unpaired) electrons. The summed E-state index contributed by atoms with van der Waals surface area (Å²) in [6.45, 7) is 5.17. The van der Waals surface area contributed by atoms with E-state index in [9.17, 15) is 0 Å². The molecule has 1 N–H and O–H groups in total. The zero-order valence-corrected chi connectivity index (χ0v) is 10.1. The highest BCUT2D eigenvalue weighted by Gasteiger charge is 2.09. The molecule has 0 aromatic heterocycles. The summed E-state index contributed by atoms with van der Waals surface area (Å²) in [5.74, 6) is 0.550. The van der Waals surface area contributed by atoms with Gasteiger partial charge in [0.15, 0.2) is 0 Å². The molecular formula is C13H18N2O. The van der Waals surface area contributed by atoms with E-state index in [1.54, 1.807) is 6.07 Å². The van der Waals surface area contributed by atoms with Crippen molar-refractivity contribution in [1.82, 2.24) is 0 Å². The van der Waals surface area contributed by atoms with Crippen LogP contribution >= 0.6 is 0 Å². The highest BCUT2D eigenvalue weighted by Crippen LogP contribution is 2.21. The Bertz CT molecular complexity index is 393. The van der Waals surface area contributed by atoms with Gasteiger partial charge in [0.25, 0.3) is 0 Å². The molecule has 1 rings (SSSR count). The highest BCUT2D eigenvalue weighted by atomic mass is 16.3. The molecule has 0 fully saturated rings. The number of nitrogens with zero attached hydrogens (tertiary/aromatic N) is 2. The number of anilines is 1. The van der Waals surface area contributed by atoms with Gasteiger partial charge < -0.3 is 10.0 Å². The van der Waals surface area contributed by atoms with Crippen LogP contribution in [0.1, 0.15) is 25.0 Å². The van der Waals surface area contributed by atoms with Gasteiger partial charge in [0.2, 0.25) is 0 Å². The number of nitriles is 1. The van der Waals surface area contributed by atoms with E-state index >= 15 is 0 Å². The Morgan fingerprint density at radius 2 is 2.12 bits per heavy atom. The first-order chi connectivity index (χ1) is 7.58. The van der Waals surface area contributed by atoms with Crippen LogP contribution in [0.4, 0.5) is 5.69 Å². The molecule has 0 atom stereocenters. The fraction of sp³-hybridized carbons (Fsp3) is 0.462. The molecule has 1 aromatic carbocycles. The lowest BCUT2D eigenvalue weighted by Crippen LogP contribution is -2.23. The summed E-state index contributed by atoms with van der Waals surface area (Å²) in [7, 11) is 1.98. The van der Waals surface area contributed by atoms with Gasteiger partial charge in [-0.05, 0) is 23.6 Å². The van der Waals surface area contributed by atoms with E-state index in [0.717, 1.165) is 17.8 Å². The molecule has 3 heteroatoms. The SMILES string of the molecule is CC(C)CN(C)c1ccc(CO)cc1C#N. The largest absolute Gasteiger partial charge is 0.392 e. The second kappa shape index (κ2) is 5.53. The summed E-state index contributed by atoms with van der Waals surface area (Å²) in [5.41, 5.74) is 2.32. The zero-order chi connectivity index (χ0) is 12.1. The molecule has 1 aromatic rings. The van der Waals surface area contributed by atoms with Crippen molar-refractivity contribution in [3.63, 3.8) is 0 Å². The predicted octanol–water partition coefficient (Wildman–Crippen LogP) is 2.14. The van der Waals surface area contributed by atoms with E-state index in [4.69, 9.17) is 10.4 Å². The average Bonchev–Trinajstić information content (AvgIpc) is 2.27. The molecule has 0 saturated heterocycles. The number of aliphatic hydroxyl groups excluding tert-OH is 1. The number of hydrogen-bond donors (Lipinski definition) is 1. The molecule has 86 valence electrons. The third kappa shape index (κ3) is 2.98. The van der Waals surface area contributed by atoms with Gasteiger partial charge in [-0.2, -0.15) is 5.26 Å². The summed E-state index contributed by atoms with van der Waals surface area (Å²) in [6.07, 6.45) is 0. The Morgan fingerprint density at radius 3 is 2.62 bits per heavy atom. The maximum Gasteiger partial charge on any atom is 0.101 e. The van der Waals surface area contributed by atoms with Crippen LogP contribution in [0.2, 0.25) is 0 Å². The number of benzene rings is 1. The smallest absolute Gasteiger partial charge is 0.101 e. The molecular weight excluding hydrogens is 200 g/mol. The van der Waals surface area contributed by atoms with Gasteiger partial charge in [-0.15, -0.1) is 0 Å². The first-order valence-corrected chi connectivity index (χ1v) is 5.43. The first kappa shape index (κ1) is 12.5. The first-order valence-electron chi connectivity index (χ1n) is 5.43. The maximum absolute atomic E-state index is 9.06. The van der Waals surface area contributed by atoms with Gasteiger partial charge >= 0.3 is 0 Å². The molecule has 0 aliphatic carbocycles. The monoisotopic (exact) mass is 218 g/mol. The summed E-state index contributed by atoms with van der Waals surface area (Å²) in [5, 5.41) is 18.1. The maximum atomic E-state index is 9.06. The van der Waals surface area contributed by atoms with Crippen molar-refractivity contribution in [2.45, 2.75) is 20.5 Å². The van der Waals surface area contributed by atoms with E-state index in [2.05, 4.69) is 24.8 Å². The molecule has 16 heavy (non-hydrogen) atoms. The Morgan fingerprint density at radius 1 is 1.44 bits per heavy atom. The Kier molecular flexibility index (Phi) is 4.33. The lowest BCUT2D eigenvalue weighted by atomic mass is 10.1. The topological polar surface area (TPSA) is 47.3 Å². The van der Waals surface area contributed by atoms with E-state index in [1.165, 1.54) is 0 Å². The summed E-state index contributed by atoms with van der Waals surface area (Å²) < 4.78 is 0. The molecule has 0 aliphatic heterocycles. The summed E-state index contributed by atoms with van der Waals surface area (Å²) in [4.78, 5) is 2.07. The standard InChI is InChI=1S/C13H18N2O/c1-10(2)8-15(3)13-5-4-11(9-16)6-12(13)7-14/h4-6,10,16H,8-9H2,1-3H3. The molecule has 0 heterocycles. The number of rotatable bonds is 4. The highest BCUT2D eigenvalue weighted by molar-refractivity contribution is 5.60. The minimum absolute atomic E-state index is 0.0249. The lowest BCUT2D eigenvalue weighted by molar-refractivity contribution is 0.282. The van der Waals surface area contributed by atoms with Crippen LogP contribution in [0.5, 0.6) is 0 Å². The van der Waals surface area contributed by atoms with Crippen LogP contribution in [0.25, 0.3) is 0 Å². The zero-order valence-electron chi connectivity index (χ0n) is 10.1. The van der Waals surface area contributed by atoms with Crippen LogP contribution < -0.4 is 4.90 Å². The van der Waals surface area contributed by atoms with Crippen molar-refractivity contribution in [1.29, 1.82) is 5.26 Å². The fourth-order valence-corrected chi connectivity index (χ4v) is 1.75. The molecule has 0 spiro atoms. The van der Waals surface area contributed by atoms with E-state index in [0.29, 0.717) is 11.5 Å². The molecule has 0 amide bonds. The lowest BCUT2D eigenvalue weighted by Gasteiger charge is -2.22. The van der Waals surface area contributed by atoms with Gasteiger partial charge in [0, 0.05) is 13.6 Å². The van der Waals surface area contributed by atoms with Gasteiger partial charge in [-0.3, -0.25) is 0 Å². The third-order valence-electron chi connectivity index (χ3n) is 2.41. The second-order valence-electron chi connectivity index (χ2n) is 4.40. The van der Waals surface area contributed by atoms with Crippen LogP contribution in [0.15, 0.2) is 18.2 Å². The predicted molar refractivity (Wildman–Crippen MR) is 65.2 cm³/mol. The third-order valence-corrected chi connectivity index (χ3v) is 2.41. The Balaban J connectivity index is 3.00. The average molecular weight is 218 g/mol. The fourth-order valence-electron chi connectivity index (χ4n) is 1.75. The van der Waals surface area contributed by atoms with Crippen LogP contribution in [-0.4, -0.2) is 18.7 Å². The van der Waals surface area contributed by atoms with Crippen molar-refractivity contribution < 1.29 is 5.11 Å². The molecule has 0 aliphatic rings. The van der Waals surface area contributed by atoms with Crippen LogP contribution in [-0.2, 0) is 6.61 Å². The van der Waals surface area contributed by atoms with Crippen molar-refractivity contribution >= 4 is 5.69 Å². The van der Waals surface area contributed by atoms with E-state index < -0.39 is 0 Å². The summed E-state index contributed by atoms with van der Waals surface area (Å²) >= 11 is 0. The minimum atomic E-state index is -0.0249. The molecule has 0 saturated carbocycles. The van der Waals surface area contributed by atoms with Crippen molar-refractivity contribution in [2.24, 2.45) is 5.92 Å². The van der Waals surface area contributed by atoms with Gasteiger partial charge in [0.05, 0.1) is 17.9 Å². The van der Waals surface area contributed by atoms with E-state index in [1.807, 2.05) is 19.2 Å². The van der Waals surface area contributed by atoms with Crippen molar-refractivity contribution in [2.75, 3.05) is 18.5 Å². The Hall–Kier alpha value is -1.53. The number of aliphatic hydroxyl groups is 1. The quantitative estimate of drug-likeness (QED) is 0.842. The van der Waals surface area contributed by atoms with Gasteiger partial charge in [-0.25, -0.2) is 0 Å². The molecule has 0 bridgehead atoms. The van der Waals surface area contributed by atoms with Crippen molar-refractivity contribution in [3.05, 3.63) is 29.3 Å². The number of hydrogen-bond acceptors (Lipinski definition) is 3. The van der Waals surface area contributed by atoms with Gasteiger partial charge in [-0.1, -0.05) is 19.9 Å². The normalized spacial score (nSPS) is 10.2. The van der Waals surface area contributed by atoms with Crippen LogP contribution in [0.3, 0.4) is 0 Å².